The number of benzene rings is 2. The number of halogens is 1. The fraction of sp³-hybridized carbons (Fsp3) is 0.364. The Morgan fingerprint density at radius 3 is 2.39 bits per heavy atom. The summed E-state index contributed by atoms with van der Waals surface area (Å²) >= 11 is 0. The third-order valence-electron chi connectivity index (χ3n) is 4.36. The van der Waals surface area contributed by atoms with Crippen LogP contribution in [0, 0.1) is 23.1 Å². The van der Waals surface area contributed by atoms with Gasteiger partial charge < -0.3 is 14.4 Å². The van der Waals surface area contributed by atoms with Crippen LogP contribution >= 0.6 is 0 Å². The van der Waals surface area contributed by atoms with Gasteiger partial charge in [0.1, 0.15) is 5.60 Å². The molecule has 0 spiro atoms. The highest BCUT2D eigenvalue weighted by Gasteiger charge is 2.34. The van der Waals surface area contributed by atoms with Crippen molar-refractivity contribution >= 4 is 6.09 Å². The van der Waals surface area contributed by atoms with Gasteiger partial charge in [0.15, 0.2) is 11.6 Å². The summed E-state index contributed by atoms with van der Waals surface area (Å²) in [4.78, 5) is 13.5. The molecule has 0 saturated carbocycles. The second-order valence-electron chi connectivity index (χ2n) is 7.90. The predicted octanol–water partition coefficient (Wildman–Crippen LogP) is 4.61. The Hall–Kier alpha value is -3.07. The molecule has 2 aromatic rings. The molecule has 0 unspecified atom stereocenters. The van der Waals surface area contributed by atoms with Crippen molar-refractivity contribution in [3.8, 4) is 22.9 Å². The minimum absolute atomic E-state index is 0.158. The van der Waals surface area contributed by atoms with Crippen molar-refractivity contribution < 1.29 is 18.7 Å². The maximum absolute atomic E-state index is 14.4. The molecule has 0 bridgehead atoms. The van der Waals surface area contributed by atoms with Crippen LogP contribution in [0.4, 0.5) is 9.18 Å². The molecule has 0 aliphatic carbocycles. The van der Waals surface area contributed by atoms with E-state index in [0.29, 0.717) is 30.8 Å². The van der Waals surface area contributed by atoms with Crippen molar-refractivity contribution in [2.24, 2.45) is 5.92 Å². The summed E-state index contributed by atoms with van der Waals surface area (Å²) in [5.41, 5.74) is 1.59. The summed E-state index contributed by atoms with van der Waals surface area (Å²) in [6.07, 6.45) is -0.332. The number of hydrogen-bond donors (Lipinski definition) is 0. The molecular formula is C22H23FN2O3. The van der Waals surface area contributed by atoms with Gasteiger partial charge in [-0.05, 0) is 56.2 Å². The molecule has 6 heteroatoms. The Labute approximate surface area is 164 Å². The Morgan fingerprint density at radius 2 is 1.82 bits per heavy atom. The minimum Gasteiger partial charge on any atom is -0.490 e. The standard InChI is InChI=1S/C22H23FN2O3/c1-22(2,3)28-21(26)25-12-16(13-25)14-27-20-9-8-18(10-19(20)23)17-6-4-15(11-24)5-7-17/h4-10,16H,12-14H2,1-3H3. The van der Waals surface area contributed by atoms with E-state index in [-0.39, 0.29) is 17.8 Å². The van der Waals surface area contributed by atoms with Crippen LogP contribution in [0.25, 0.3) is 11.1 Å². The van der Waals surface area contributed by atoms with Gasteiger partial charge in [-0.25, -0.2) is 9.18 Å². The molecule has 0 aromatic heterocycles. The first kappa shape index (κ1) is 19.7. The minimum atomic E-state index is -0.515. The highest BCUT2D eigenvalue weighted by molar-refractivity contribution is 5.69. The molecule has 1 amide bonds. The van der Waals surface area contributed by atoms with E-state index in [1.807, 2.05) is 20.8 Å². The zero-order valence-electron chi connectivity index (χ0n) is 16.2. The lowest BCUT2D eigenvalue weighted by Crippen LogP contribution is -2.53. The van der Waals surface area contributed by atoms with Crippen LogP contribution in [0.1, 0.15) is 26.3 Å². The Balaban J connectivity index is 1.52. The van der Waals surface area contributed by atoms with E-state index >= 15 is 0 Å². The van der Waals surface area contributed by atoms with Gasteiger partial charge in [0.05, 0.1) is 18.2 Å². The van der Waals surface area contributed by atoms with Gasteiger partial charge in [0.25, 0.3) is 0 Å². The SMILES string of the molecule is CC(C)(C)OC(=O)N1CC(COc2ccc(-c3ccc(C#N)cc3)cc2F)C1. The van der Waals surface area contributed by atoms with Gasteiger partial charge in [-0.3, -0.25) is 0 Å². The topological polar surface area (TPSA) is 62.6 Å². The Bertz CT molecular complexity index is 891. The van der Waals surface area contributed by atoms with Crippen molar-refractivity contribution in [1.29, 1.82) is 5.26 Å². The lowest BCUT2D eigenvalue weighted by molar-refractivity contribution is -0.00804. The Kier molecular flexibility index (Phi) is 5.55. The lowest BCUT2D eigenvalue weighted by atomic mass is 10.0. The fourth-order valence-corrected chi connectivity index (χ4v) is 2.89. The molecule has 1 fully saturated rings. The summed E-state index contributed by atoms with van der Waals surface area (Å²) in [7, 11) is 0. The third-order valence-corrected chi connectivity index (χ3v) is 4.36. The Morgan fingerprint density at radius 1 is 1.18 bits per heavy atom. The van der Waals surface area contributed by atoms with E-state index in [9.17, 15) is 9.18 Å². The fourth-order valence-electron chi connectivity index (χ4n) is 2.89. The smallest absolute Gasteiger partial charge is 0.410 e. The van der Waals surface area contributed by atoms with E-state index < -0.39 is 11.4 Å². The summed E-state index contributed by atoms with van der Waals surface area (Å²) in [5.74, 6) is -0.0941. The number of hydrogen-bond acceptors (Lipinski definition) is 4. The zero-order valence-corrected chi connectivity index (χ0v) is 16.2. The molecule has 3 rings (SSSR count). The largest absolute Gasteiger partial charge is 0.490 e. The predicted molar refractivity (Wildman–Crippen MR) is 103 cm³/mol. The first-order chi connectivity index (χ1) is 13.2. The second kappa shape index (κ2) is 7.89. The van der Waals surface area contributed by atoms with Gasteiger partial charge in [-0.2, -0.15) is 5.26 Å². The van der Waals surface area contributed by atoms with Gasteiger partial charge in [-0.1, -0.05) is 18.2 Å². The molecule has 0 N–H and O–H groups in total. The molecular weight excluding hydrogens is 359 g/mol. The lowest BCUT2D eigenvalue weighted by Gasteiger charge is -2.39. The van der Waals surface area contributed by atoms with Gasteiger partial charge in [-0.15, -0.1) is 0 Å². The highest BCUT2D eigenvalue weighted by Crippen LogP contribution is 2.27. The van der Waals surface area contributed by atoms with Crippen LogP contribution in [0.5, 0.6) is 5.75 Å². The van der Waals surface area contributed by atoms with Crippen LogP contribution in [0.3, 0.4) is 0 Å². The van der Waals surface area contributed by atoms with Crippen molar-refractivity contribution in [3.63, 3.8) is 0 Å². The molecule has 1 saturated heterocycles. The summed E-state index contributed by atoms with van der Waals surface area (Å²) < 4.78 is 25.3. The normalized spacial score (nSPS) is 14.2. The van der Waals surface area contributed by atoms with Crippen molar-refractivity contribution in [2.45, 2.75) is 26.4 Å². The highest BCUT2D eigenvalue weighted by atomic mass is 19.1. The van der Waals surface area contributed by atoms with Gasteiger partial charge >= 0.3 is 6.09 Å². The molecule has 5 nitrogen and oxygen atoms in total. The number of nitrogens with zero attached hydrogens (tertiary/aromatic N) is 2. The average Bonchev–Trinajstić information content (AvgIpc) is 2.60. The maximum atomic E-state index is 14.4. The van der Waals surface area contributed by atoms with Gasteiger partial charge in [0.2, 0.25) is 0 Å². The van der Waals surface area contributed by atoms with Crippen LogP contribution in [0.15, 0.2) is 42.5 Å². The number of likely N-dealkylation sites (tertiary alicyclic amines) is 1. The molecule has 28 heavy (non-hydrogen) atoms. The zero-order chi connectivity index (χ0) is 20.3. The van der Waals surface area contributed by atoms with Crippen molar-refractivity contribution in [2.75, 3.05) is 19.7 Å². The average molecular weight is 382 g/mol. The van der Waals surface area contributed by atoms with Crippen LogP contribution in [0.2, 0.25) is 0 Å². The molecule has 0 radical (unpaired) electrons. The monoisotopic (exact) mass is 382 g/mol. The quantitative estimate of drug-likeness (QED) is 0.775. The first-order valence-electron chi connectivity index (χ1n) is 9.16. The number of carbonyl (C=O) groups is 1. The van der Waals surface area contributed by atoms with E-state index in [0.717, 1.165) is 5.56 Å². The molecule has 0 atom stereocenters. The number of nitriles is 1. The van der Waals surface area contributed by atoms with Crippen LogP contribution in [-0.4, -0.2) is 36.3 Å². The molecule has 1 heterocycles. The van der Waals surface area contributed by atoms with Gasteiger partial charge in [0, 0.05) is 19.0 Å². The number of rotatable bonds is 4. The third kappa shape index (κ3) is 4.80. The molecule has 1 aliphatic rings. The summed E-state index contributed by atoms with van der Waals surface area (Å²) in [6.45, 7) is 6.91. The van der Waals surface area contributed by atoms with E-state index in [4.69, 9.17) is 14.7 Å². The number of carbonyl (C=O) groups excluding carboxylic acids is 1. The van der Waals surface area contributed by atoms with E-state index in [2.05, 4.69) is 6.07 Å². The maximum Gasteiger partial charge on any atom is 0.410 e. The van der Waals surface area contributed by atoms with Crippen molar-refractivity contribution in [3.05, 3.63) is 53.8 Å². The number of ether oxygens (including phenoxy) is 2. The van der Waals surface area contributed by atoms with Crippen LogP contribution in [-0.2, 0) is 4.74 Å². The summed E-state index contributed by atoms with van der Waals surface area (Å²) in [5, 5.41) is 8.85. The van der Waals surface area contributed by atoms with E-state index in [1.54, 1.807) is 41.3 Å². The molecule has 1 aliphatic heterocycles. The second-order valence-corrected chi connectivity index (χ2v) is 7.90. The van der Waals surface area contributed by atoms with Crippen molar-refractivity contribution in [1.82, 2.24) is 4.90 Å². The van der Waals surface area contributed by atoms with Crippen LogP contribution < -0.4 is 4.74 Å². The molecule has 2 aromatic carbocycles. The first-order valence-corrected chi connectivity index (χ1v) is 9.16. The van der Waals surface area contributed by atoms with E-state index in [1.165, 1.54) is 6.07 Å². The summed E-state index contributed by atoms with van der Waals surface area (Å²) in [6, 6.07) is 13.8. The number of amides is 1. The molecule has 146 valence electrons.